The first-order valence-electron chi connectivity index (χ1n) is 10.0. The minimum Gasteiger partial charge on any atom is -0.493 e. The van der Waals surface area contributed by atoms with E-state index in [-0.39, 0.29) is 12.1 Å². The van der Waals surface area contributed by atoms with E-state index in [1.807, 2.05) is 36.9 Å². The Bertz CT molecular complexity index is 857. The van der Waals surface area contributed by atoms with Crippen molar-refractivity contribution in [2.45, 2.75) is 45.2 Å². The third kappa shape index (κ3) is 3.24. The molecule has 1 saturated heterocycles. The van der Waals surface area contributed by atoms with Gasteiger partial charge in [0, 0.05) is 35.5 Å². The molecule has 0 radical (unpaired) electrons. The summed E-state index contributed by atoms with van der Waals surface area (Å²) in [7, 11) is 1.42. The maximum absolute atomic E-state index is 12.4. The molecule has 0 bridgehead atoms. The molecule has 0 spiro atoms. The summed E-state index contributed by atoms with van der Waals surface area (Å²) < 4.78 is 13.2. The Kier molecular flexibility index (Phi) is 5.26. The molecule has 1 fully saturated rings. The number of nitrogens with one attached hydrogen (secondary N) is 1. The number of benzene rings is 1. The van der Waals surface area contributed by atoms with Crippen LogP contribution in [0.2, 0.25) is 0 Å². The van der Waals surface area contributed by atoms with Crippen molar-refractivity contribution in [2.75, 3.05) is 31.7 Å². The van der Waals surface area contributed by atoms with Gasteiger partial charge in [-0.3, -0.25) is 9.58 Å². The summed E-state index contributed by atoms with van der Waals surface area (Å²) in [5.74, 6) is 0.852. The molecule has 2 aliphatic rings. The number of carbonyl (C=O) groups is 1. The number of rotatable bonds is 4. The Morgan fingerprint density at radius 1 is 1.36 bits per heavy atom. The quantitative estimate of drug-likeness (QED) is 0.875. The number of hydrogen-bond acceptors (Lipinski definition) is 5. The summed E-state index contributed by atoms with van der Waals surface area (Å²) in [4.78, 5) is 14.1. The van der Waals surface area contributed by atoms with Crippen LogP contribution in [-0.2, 0) is 11.2 Å². The van der Waals surface area contributed by atoms with E-state index >= 15 is 0 Å². The highest BCUT2D eigenvalue weighted by Crippen LogP contribution is 2.43. The lowest BCUT2D eigenvalue weighted by molar-refractivity contribution is 0.175. The molecule has 3 heterocycles. The van der Waals surface area contributed by atoms with E-state index in [0.717, 1.165) is 60.5 Å². The van der Waals surface area contributed by atoms with Crippen LogP contribution in [0.3, 0.4) is 0 Å². The van der Waals surface area contributed by atoms with Crippen molar-refractivity contribution < 1.29 is 14.3 Å². The van der Waals surface area contributed by atoms with Crippen LogP contribution in [0.5, 0.6) is 5.75 Å². The second-order valence-electron chi connectivity index (χ2n) is 7.46. The van der Waals surface area contributed by atoms with Crippen LogP contribution in [0.1, 0.15) is 38.3 Å². The largest absolute Gasteiger partial charge is 0.493 e. The molecular formula is C21H28N4O3. The molecule has 1 aromatic carbocycles. The van der Waals surface area contributed by atoms with Gasteiger partial charge in [-0.05, 0) is 51.8 Å². The fourth-order valence-corrected chi connectivity index (χ4v) is 4.26. The van der Waals surface area contributed by atoms with Crippen LogP contribution >= 0.6 is 0 Å². The van der Waals surface area contributed by atoms with E-state index in [4.69, 9.17) is 9.47 Å². The number of fused-ring (bicyclic) bond motifs is 1. The molecule has 2 atom stereocenters. The lowest BCUT2D eigenvalue weighted by atomic mass is 9.92. The number of nitrogens with zero attached hydrogens (tertiary/aromatic N) is 3. The number of carbonyl (C=O) groups excluding carboxylic acids is 1. The first-order chi connectivity index (χ1) is 13.6. The van der Waals surface area contributed by atoms with Crippen molar-refractivity contribution in [2.24, 2.45) is 0 Å². The van der Waals surface area contributed by atoms with Gasteiger partial charge in [0.1, 0.15) is 5.75 Å². The van der Waals surface area contributed by atoms with Crippen molar-refractivity contribution in [1.29, 1.82) is 0 Å². The Labute approximate surface area is 165 Å². The number of anilines is 1. The minimum absolute atomic E-state index is 0.0953. The maximum Gasteiger partial charge on any atom is 0.414 e. The molecule has 2 aromatic rings. The van der Waals surface area contributed by atoms with E-state index in [2.05, 4.69) is 16.6 Å². The molecule has 2 unspecified atom stereocenters. The van der Waals surface area contributed by atoms with E-state index in [9.17, 15) is 4.79 Å². The van der Waals surface area contributed by atoms with Gasteiger partial charge < -0.3 is 14.8 Å². The molecule has 0 saturated carbocycles. The lowest BCUT2D eigenvalue weighted by Crippen LogP contribution is -2.42. The summed E-state index contributed by atoms with van der Waals surface area (Å²) >= 11 is 0. The molecule has 150 valence electrons. The van der Waals surface area contributed by atoms with Crippen molar-refractivity contribution in [1.82, 2.24) is 15.1 Å². The summed E-state index contributed by atoms with van der Waals surface area (Å²) in [6, 6.07) is 4.54. The molecule has 7 heteroatoms. The zero-order valence-corrected chi connectivity index (χ0v) is 16.8. The van der Waals surface area contributed by atoms with Gasteiger partial charge in [-0.15, -0.1) is 0 Å². The number of aromatic nitrogens is 2. The van der Waals surface area contributed by atoms with Crippen molar-refractivity contribution in [3.05, 3.63) is 30.1 Å². The molecule has 1 amide bonds. The van der Waals surface area contributed by atoms with E-state index < -0.39 is 0 Å². The Morgan fingerprint density at radius 3 is 2.93 bits per heavy atom. The zero-order valence-electron chi connectivity index (χ0n) is 16.8. The monoisotopic (exact) mass is 384 g/mol. The summed E-state index contributed by atoms with van der Waals surface area (Å²) in [5, 5.41) is 7.98. The van der Waals surface area contributed by atoms with E-state index in [0.29, 0.717) is 12.6 Å². The first kappa shape index (κ1) is 18.8. The predicted octanol–water partition coefficient (Wildman–Crippen LogP) is 3.39. The summed E-state index contributed by atoms with van der Waals surface area (Å²) in [5.41, 5.74) is 4.02. The summed E-state index contributed by atoms with van der Waals surface area (Å²) in [6.45, 7) is 6.59. The Balaban J connectivity index is 1.76. The molecule has 28 heavy (non-hydrogen) atoms. The second kappa shape index (κ2) is 7.83. The van der Waals surface area contributed by atoms with Crippen LogP contribution in [0.15, 0.2) is 24.5 Å². The molecule has 7 nitrogen and oxygen atoms in total. The average Bonchev–Trinajstić information content (AvgIpc) is 3.39. The Hall–Kier alpha value is -2.54. The van der Waals surface area contributed by atoms with Gasteiger partial charge in [-0.25, -0.2) is 4.79 Å². The van der Waals surface area contributed by atoms with Gasteiger partial charge in [0.2, 0.25) is 0 Å². The van der Waals surface area contributed by atoms with Crippen LogP contribution in [-0.4, -0.2) is 48.7 Å². The van der Waals surface area contributed by atoms with Crippen molar-refractivity contribution in [3.8, 4) is 16.9 Å². The second-order valence-corrected chi connectivity index (χ2v) is 7.46. The lowest BCUT2D eigenvalue weighted by Gasteiger charge is -2.35. The highest BCUT2D eigenvalue weighted by Gasteiger charge is 2.32. The average molecular weight is 384 g/mol. The van der Waals surface area contributed by atoms with Gasteiger partial charge in [0.25, 0.3) is 0 Å². The van der Waals surface area contributed by atoms with Crippen molar-refractivity contribution in [3.63, 3.8) is 0 Å². The number of amides is 1. The van der Waals surface area contributed by atoms with Crippen LogP contribution in [0, 0.1) is 0 Å². The molecular weight excluding hydrogens is 356 g/mol. The molecule has 0 aliphatic carbocycles. The van der Waals surface area contributed by atoms with Gasteiger partial charge >= 0.3 is 6.09 Å². The van der Waals surface area contributed by atoms with E-state index in [1.54, 1.807) is 4.90 Å². The van der Waals surface area contributed by atoms with Gasteiger partial charge in [-0.1, -0.05) is 0 Å². The molecule has 1 aromatic heterocycles. The van der Waals surface area contributed by atoms with Crippen molar-refractivity contribution >= 4 is 11.8 Å². The van der Waals surface area contributed by atoms with Gasteiger partial charge in [-0.2, -0.15) is 5.10 Å². The van der Waals surface area contributed by atoms with Crippen LogP contribution < -0.4 is 15.0 Å². The SMILES string of the molecule is CCOc1c(-c2cnn(C3CCNC3)c2)ccc2c1CCC(C)N2C(=O)OC. The third-order valence-corrected chi connectivity index (χ3v) is 5.73. The highest BCUT2D eigenvalue weighted by atomic mass is 16.5. The minimum atomic E-state index is -0.329. The number of methoxy groups -OCH3 is 1. The smallest absolute Gasteiger partial charge is 0.414 e. The fourth-order valence-electron chi connectivity index (χ4n) is 4.26. The number of ether oxygens (including phenoxy) is 2. The zero-order chi connectivity index (χ0) is 19.7. The standard InChI is InChI=1S/C21H28N4O3/c1-4-28-20-17(15-11-23-24(13-15)16-9-10-22-12-16)7-8-19-18(20)6-5-14(2)25(19)21(26)27-3/h7-8,11,13-14,16,22H,4-6,9-10,12H2,1-3H3. The molecule has 1 N–H and O–H groups in total. The maximum atomic E-state index is 12.4. The van der Waals surface area contributed by atoms with Gasteiger partial charge in [0.05, 0.1) is 31.6 Å². The third-order valence-electron chi connectivity index (χ3n) is 5.73. The number of hydrogen-bond donors (Lipinski definition) is 1. The van der Waals surface area contributed by atoms with Crippen LogP contribution in [0.4, 0.5) is 10.5 Å². The van der Waals surface area contributed by atoms with Crippen LogP contribution in [0.25, 0.3) is 11.1 Å². The summed E-state index contributed by atoms with van der Waals surface area (Å²) in [6.07, 6.45) is 6.52. The topological polar surface area (TPSA) is 68.6 Å². The van der Waals surface area contributed by atoms with E-state index in [1.165, 1.54) is 7.11 Å². The molecule has 2 aliphatic heterocycles. The highest BCUT2D eigenvalue weighted by molar-refractivity contribution is 5.92. The van der Waals surface area contributed by atoms with Gasteiger partial charge in [0.15, 0.2) is 0 Å². The normalized spacial score (nSPS) is 21.5. The predicted molar refractivity (Wildman–Crippen MR) is 108 cm³/mol. The Morgan fingerprint density at radius 2 is 2.21 bits per heavy atom. The first-order valence-corrected chi connectivity index (χ1v) is 10.0. The fraction of sp³-hybridized carbons (Fsp3) is 0.524. The molecule has 4 rings (SSSR count).